The molecule has 2 heterocycles. The molecular weight excluding hydrogens is 352 g/mol. The summed E-state index contributed by atoms with van der Waals surface area (Å²) in [4.78, 5) is 20.9. The molecule has 0 saturated carbocycles. The zero-order chi connectivity index (χ0) is 18.4. The zero-order valence-corrected chi connectivity index (χ0v) is 15.6. The number of carbonyl (C=O) groups excluding carboxylic acids is 1. The molecule has 0 radical (unpaired) electrons. The van der Waals surface area contributed by atoms with Crippen LogP contribution in [0, 0.1) is 0 Å². The highest BCUT2D eigenvalue weighted by molar-refractivity contribution is 6.29. The summed E-state index contributed by atoms with van der Waals surface area (Å²) in [6, 6.07) is 11.2. The summed E-state index contributed by atoms with van der Waals surface area (Å²) in [6.45, 7) is 4.86. The van der Waals surface area contributed by atoms with E-state index in [0.29, 0.717) is 11.7 Å². The fourth-order valence-electron chi connectivity index (χ4n) is 2.94. The van der Waals surface area contributed by atoms with Crippen LogP contribution in [0.1, 0.15) is 5.56 Å². The molecule has 1 aliphatic rings. The molecule has 1 saturated heterocycles. The summed E-state index contributed by atoms with van der Waals surface area (Å²) in [5, 5.41) is 3.44. The number of nitrogens with one attached hydrogen (secondary N) is 1. The minimum atomic E-state index is 0.00511. The van der Waals surface area contributed by atoms with Gasteiger partial charge in [-0.25, -0.2) is 4.98 Å². The Bertz CT molecular complexity index is 713. The summed E-state index contributed by atoms with van der Waals surface area (Å²) >= 11 is 5.82. The minimum absolute atomic E-state index is 0.00511. The first-order valence-corrected chi connectivity index (χ1v) is 8.99. The Labute approximate surface area is 158 Å². The molecule has 138 valence electrons. The number of halogens is 1. The summed E-state index contributed by atoms with van der Waals surface area (Å²) in [5.41, 5.74) is 1.93. The normalized spacial score (nSPS) is 15.6. The van der Waals surface area contributed by atoms with Crippen molar-refractivity contribution in [1.82, 2.24) is 14.8 Å². The lowest BCUT2D eigenvalue weighted by atomic mass is 10.2. The van der Waals surface area contributed by atoms with E-state index in [1.807, 2.05) is 42.6 Å². The van der Waals surface area contributed by atoms with Crippen LogP contribution in [0.3, 0.4) is 0 Å². The van der Waals surface area contributed by atoms with Gasteiger partial charge in [-0.2, -0.15) is 0 Å². The first-order chi connectivity index (χ1) is 12.6. The number of hydrogen-bond donors (Lipinski definition) is 1. The molecule has 1 amide bonds. The van der Waals surface area contributed by atoms with Crippen LogP contribution < -0.4 is 10.1 Å². The van der Waals surface area contributed by atoms with E-state index in [1.165, 1.54) is 0 Å². The van der Waals surface area contributed by atoms with E-state index < -0.39 is 0 Å². The molecular formula is C19H23ClN4O2. The molecule has 0 aliphatic carbocycles. The van der Waals surface area contributed by atoms with Gasteiger partial charge in [0.1, 0.15) is 10.9 Å². The fraction of sp³-hybridized carbons (Fsp3) is 0.368. The van der Waals surface area contributed by atoms with Crippen LogP contribution in [-0.2, 0) is 11.3 Å². The molecule has 2 aromatic rings. The number of ether oxygens (including phenoxy) is 1. The molecule has 1 N–H and O–H groups in total. The van der Waals surface area contributed by atoms with Crippen molar-refractivity contribution < 1.29 is 9.53 Å². The Morgan fingerprint density at radius 2 is 1.81 bits per heavy atom. The van der Waals surface area contributed by atoms with Crippen LogP contribution in [0.25, 0.3) is 0 Å². The van der Waals surface area contributed by atoms with Crippen LogP contribution in [0.5, 0.6) is 5.75 Å². The predicted octanol–water partition coefficient (Wildman–Crippen LogP) is 2.50. The SMILES string of the molecule is COc1ccc(NC(=O)CN2CCN(Cc3ccc(Cl)nc3)CC2)cc1. The van der Waals surface area contributed by atoms with Crippen LogP contribution in [0.4, 0.5) is 5.69 Å². The highest BCUT2D eigenvalue weighted by Crippen LogP contribution is 2.15. The van der Waals surface area contributed by atoms with E-state index >= 15 is 0 Å². The molecule has 0 bridgehead atoms. The maximum absolute atomic E-state index is 12.2. The third-order valence-corrected chi connectivity index (χ3v) is 4.62. The summed E-state index contributed by atoms with van der Waals surface area (Å²) < 4.78 is 5.12. The van der Waals surface area contributed by atoms with E-state index in [0.717, 1.165) is 49.7 Å². The molecule has 0 spiro atoms. The van der Waals surface area contributed by atoms with E-state index in [2.05, 4.69) is 20.1 Å². The number of hydrogen-bond acceptors (Lipinski definition) is 5. The number of amides is 1. The van der Waals surface area contributed by atoms with Gasteiger partial charge < -0.3 is 10.1 Å². The number of aromatic nitrogens is 1. The van der Waals surface area contributed by atoms with Crippen molar-refractivity contribution in [2.75, 3.05) is 45.2 Å². The molecule has 3 rings (SSSR count). The van der Waals surface area contributed by atoms with Gasteiger partial charge >= 0.3 is 0 Å². The summed E-state index contributed by atoms with van der Waals surface area (Å²) in [5.74, 6) is 0.778. The Morgan fingerprint density at radius 1 is 1.12 bits per heavy atom. The maximum atomic E-state index is 12.2. The lowest BCUT2D eigenvalue weighted by Crippen LogP contribution is -2.48. The molecule has 7 heteroatoms. The second-order valence-electron chi connectivity index (χ2n) is 6.32. The first-order valence-electron chi connectivity index (χ1n) is 8.61. The van der Waals surface area contributed by atoms with E-state index in [9.17, 15) is 4.79 Å². The predicted molar refractivity (Wildman–Crippen MR) is 103 cm³/mol. The van der Waals surface area contributed by atoms with Crippen molar-refractivity contribution in [1.29, 1.82) is 0 Å². The van der Waals surface area contributed by atoms with Crippen LogP contribution in [0.15, 0.2) is 42.6 Å². The standard InChI is InChI=1S/C19H23ClN4O2/c1-26-17-5-3-16(4-6-17)22-19(25)14-24-10-8-23(9-11-24)13-15-2-7-18(20)21-12-15/h2-7,12H,8-11,13-14H2,1H3,(H,22,25). The monoisotopic (exact) mass is 374 g/mol. The van der Waals surface area contributed by atoms with Crippen molar-refractivity contribution >= 4 is 23.2 Å². The number of nitrogens with zero attached hydrogens (tertiary/aromatic N) is 3. The van der Waals surface area contributed by atoms with Crippen molar-refractivity contribution in [2.45, 2.75) is 6.54 Å². The Morgan fingerprint density at radius 3 is 2.42 bits per heavy atom. The third-order valence-electron chi connectivity index (χ3n) is 4.40. The quantitative estimate of drug-likeness (QED) is 0.787. The number of pyridine rings is 1. The second kappa shape index (κ2) is 8.98. The Balaban J connectivity index is 1.41. The van der Waals surface area contributed by atoms with E-state index in [4.69, 9.17) is 16.3 Å². The number of piperazine rings is 1. The highest BCUT2D eigenvalue weighted by atomic mass is 35.5. The van der Waals surface area contributed by atoms with Gasteiger partial charge in [-0.1, -0.05) is 17.7 Å². The molecule has 1 aliphatic heterocycles. The van der Waals surface area contributed by atoms with Gasteiger partial charge in [0.15, 0.2) is 0 Å². The van der Waals surface area contributed by atoms with Gasteiger partial charge in [0.25, 0.3) is 0 Å². The Hall–Kier alpha value is -2.15. The number of carbonyl (C=O) groups is 1. The smallest absolute Gasteiger partial charge is 0.238 e. The molecule has 0 atom stereocenters. The average Bonchev–Trinajstić information content (AvgIpc) is 2.66. The topological polar surface area (TPSA) is 57.7 Å². The molecule has 26 heavy (non-hydrogen) atoms. The summed E-state index contributed by atoms with van der Waals surface area (Å²) in [6.07, 6.45) is 1.82. The van der Waals surface area contributed by atoms with Gasteiger partial charge in [0.2, 0.25) is 5.91 Å². The maximum Gasteiger partial charge on any atom is 0.238 e. The Kier molecular flexibility index (Phi) is 6.44. The number of rotatable bonds is 6. The van der Waals surface area contributed by atoms with E-state index in [1.54, 1.807) is 7.11 Å². The molecule has 1 aromatic heterocycles. The van der Waals surface area contributed by atoms with E-state index in [-0.39, 0.29) is 5.91 Å². The van der Waals surface area contributed by atoms with Crippen LogP contribution in [0.2, 0.25) is 5.15 Å². The van der Waals surface area contributed by atoms with Crippen molar-refractivity contribution in [3.8, 4) is 5.75 Å². The lowest BCUT2D eigenvalue weighted by Gasteiger charge is -2.34. The molecule has 1 aromatic carbocycles. The van der Waals surface area contributed by atoms with Crippen molar-refractivity contribution in [2.24, 2.45) is 0 Å². The van der Waals surface area contributed by atoms with Gasteiger partial charge in [-0.3, -0.25) is 14.6 Å². The van der Waals surface area contributed by atoms with Gasteiger partial charge in [0, 0.05) is 44.6 Å². The van der Waals surface area contributed by atoms with Crippen LogP contribution >= 0.6 is 11.6 Å². The third kappa shape index (κ3) is 5.42. The fourth-order valence-corrected chi connectivity index (χ4v) is 3.05. The number of methoxy groups -OCH3 is 1. The number of anilines is 1. The average molecular weight is 375 g/mol. The van der Waals surface area contributed by atoms with Crippen LogP contribution in [-0.4, -0.2) is 60.5 Å². The largest absolute Gasteiger partial charge is 0.497 e. The van der Waals surface area contributed by atoms with Gasteiger partial charge in [0.05, 0.1) is 13.7 Å². The molecule has 6 nitrogen and oxygen atoms in total. The first kappa shape index (κ1) is 18.6. The lowest BCUT2D eigenvalue weighted by molar-refractivity contribution is -0.117. The highest BCUT2D eigenvalue weighted by Gasteiger charge is 2.19. The minimum Gasteiger partial charge on any atom is -0.497 e. The van der Waals surface area contributed by atoms with Crippen molar-refractivity contribution in [3.05, 3.63) is 53.3 Å². The molecule has 1 fully saturated rings. The summed E-state index contributed by atoms with van der Waals surface area (Å²) in [7, 11) is 1.62. The second-order valence-corrected chi connectivity index (χ2v) is 6.71. The molecule has 0 unspecified atom stereocenters. The van der Waals surface area contributed by atoms with Crippen molar-refractivity contribution in [3.63, 3.8) is 0 Å². The van der Waals surface area contributed by atoms with Gasteiger partial charge in [-0.05, 0) is 35.9 Å². The zero-order valence-electron chi connectivity index (χ0n) is 14.8. The number of benzene rings is 1. The van der Waals surface area contributed by atoms with Gasteiger partial charge in [-0.15, -0.1) is 0 Å².